The first kappa shape index (κ1) is 8.60. The highest BCUT2D eigenvalue weighted by Crippen LogP contribution is 2.25. The summed E-state index contributed by atoms with van der Waals surface area (Å²) in [5, 5.41) is 1.11. The lowest BCUT2D eigenvalue weighted by Crippen LogP contribution is -1.77. The molecule has 0 aliphatic heterocycles. The normalized spacial score (nSPS) is 10.3. The van der Waals surface area contributed by atoms with E-state index in [0.29, 0.717) is 15.9 Å². The van der Waals surface area contributed by atoms with Crippen LogP contribution in [0, 0.1) is 6.26 Å². The van der Waals surface area contributed by atoms with Gasteiger partial charge in [-0.25, -0.2) is 4.98 Å². The predicted octanol–water partition coefficient (Wildman–Crippen LogP) is 3.45. The van der Waals surface area contributed by atoms with Gasteiger partial charge in [0.1, 0.15) is 0 Å². The second-order valence-electron chi connectivity index (χ2n) is 2.44. The highest BCUT2D eigenvalue weighted by molar-refractivity contribution is 6.35. The van der Waals surface area contributed by atoms with Gasteiger partial charge < -0.3 is 4.42 Å². The van der Waals surface area contributed by atoms with E-state index in [2.05, 4.69) is 11.2 Å². The first-order valence-electron chi connectivity index (χ1n) is 3.54. The van der Waals surface area contributed by atoms with Gasteiger partial charge >= 0.3 is 0 Å². The molecule has 0 N–H and O–H groups in total. The molecule has 0 aliphatic rings. The Bertz CT molecular complexity index is 391. The van der Waals surface area contributed by atoms with Crippen LogP contribution in [0.2, 0.25) is 10.0 Å². The minimum atomic E-state index is 0.462. The van der Waals surface area contributed by atoms with Gasteiger partial charge in [0.05, 0.1) is 6.20 Å². The van der Waals surface area contributed by atoms with Gasteiger partial charge in [0, 0.05) is 15.6 Å². The van der Waals surface area contributed by atoms with Gasteiger partial charge in [-0.15, -0.1) is 0 Å². The fraction of sp³-hybridized carbons (Fsp3) is 0. The number of nitrogens with zero attached hydrogens (tertiary/aromatic N) is 1. The molecule has 0 amide bonds. The van der Waals surface area contributed by atoms with Gasteiger partial charge in [-0.2, -0.15) is 0 Å². The van der Waals surface area contributed by atoms with Crippen LogP contribution in [0.3, 0.4) is 0 Å². The molecule has 0 bridgehead atoms. The third-order valence-electron chi connectivity index (χ3n) is 1.50. The van der Waals surface area contributed by atoms with Crippen LogP contribution in [0.5, 0.6) is 0 Å². The quantitative estimate of drug-likeness (QED) is 0.724. The van der Waals surface area contributed by atoms with E-state index < -0.39 is 0 Å². The maximum Gasteiger partial charge on any atom is 0.227 e. The fourth-order valence-electron chi connectivity index (χ4n) is 1.00. The Morgan fingerprint density at radius 2 is 1.85 bits per heavy atom. The van der Waals surface area contributed by atoms with Crippen molar-refractivity contribution in [1.29, 1.82) is 0 Å². The number of benzene rings is 1. The van der Waals surface area contributed by atoms with Crippen molar-refractivity contribution >= 4 is 23.2 Å². The van der Waals surface area contributed by atoms with Gasteiger partial charge in [0.2, 0.25) is 5.89 Å². The van der Waals surface area contributed by atoms with Crippen molar-refractivity contribution in [2.75, 3.05) is 0 Å². The molecule has 1 radical (unpaired) electrons. The summed E-state index contributed by atoms with van der Waals surface area (Å²) in [6.07, 6.45) is 3.94. The van der Waals surface area contributed by atoms with Crippen molar-refractivity contribution < 1.29 is 4.42 Å². The van der Waals surface area contributed by atoms with E-state index in [1.54, 1.807) is 18.2 Å². The predicted molar refractivity (Wildman–Crippen MR) is 50.8 cm³/mol. The van der Waals surface area contributed by atoms with E-state index in [4.69, 9.17) is 27.6 Å². The van der Waals surface area contributed by atoms with Crippen molar-refractivity contribution in [3.8, 4) is 11.5 Å². The van der Waals surface area contributed by atoms with Gasteiger partial charge in [-0.1, -0.05) is 23.2 Å². The van der Waals surface area contributed by atoms with E-state index in [-0.39, 0.29) is 0 Å². The SMILES string of the molecule is Clc1cc(Cl)cc(-c2nc[c]o2)c1. The average Bonchev–Trinajstić information content (AvgIpc) is 2.53. The Labute approximate surface area is 85.1 Å². The summed E-state index contributed by atoms with van der Waals surface area (Å²) < 4.78 is 4.98. The lowest BCUT2D eigenvalue weighted by atomic mass is 10.2. The van der Waals surface area contributed by atoms with Crippen molar-refractivity contribution in [3.63, 3.8) is 0 Å². The largest absolute Gasteiger partial charge is 0.433 e. The average molecular weight is 213 g/mol. The number of hydrogen-bond donors (Lipinski definition) is 0. The summed E-state index contributed by atoms with van der Waals surface area (Å²) >= 11 is 11.6. The minimum absolute atomic E-state index is 0.462. The molecule has 13 heavy (non-hydrogen) atoms. The lowest BCUT2D eigenvalue weighted by molar-refractivity contribution is 0.566. The maximum atomic E-state index is 5.80. The Kier molecular flexibility index (Phi) is 2.25. The summed E-state index contributed by atoms with van der Waals surface area (Å²) in [4.78, 5) is 3.93. The first-order valence-corrected chi connectivity index (χ1v) is 4.29. The molecule has 0 aliphatic carbocycles. The molecule has 1 heterocycles. The monoisotopic (exact) mass is 212 g/mol. The second kappa shape index (κ2) is 3.40. The number of aromatic nitrogens is 1. The zero-order valence-electron chi connectivity index (χ0n) is 6.42. The molecule has 0 atom stereocenters. The van der Waals surface area contributed by atoms with Gasteiger partial charge in [0.25, 0.3) is 0 Å². The van der Waals surface area contributed by atoms with Crippen molar-refractivity contribution in [2.24, 2.45) is 0 Å². The summed E-state index contributed by atoms with van der Waals surface area (Å²) in [5.41, 5.74) is 0.749. The third-order valence-corrected chi connectivity index (χ3v) is 1.94. The standard InChI is InChI=1S/C9H4Cl2NO/c10-7-3-6(4-8(11)5-7)9-12-1-2-13-9/h1,3-5H. The van der Waals surface area contributed by atoms with Gasteiger partial charge in [0.15, 0.2) is 6.26 Å². The van der Waals surface area contributed by atoms with Crippen LogP contribution in [-0.4, -0.2) is 4.98 Å². The van der Waals surface area contributed by atoms with E-state index in [9.17, 15) is 0 Å². The molecule has 4 heteroatoms. The Morgan fingerprint density at radius 1 is 1.15 bits per heavy atom. The zero-order valence-corrected chi connectivity index (χ0v) is 7.93. The highest BCUT2D eigenvalue weighted by Gasteiger charge is 2.04. The molecule has 0 saturated carbocycles. The smallest absolute Gasteiger partial charge is 0.227 e. The molecule has 1 aromatic carbocycles. The molecular weight excluding hydrogens is 209 g/mol. The van der Waals surface area contributed by atoms with Crippen molar-refractivity contribution in [2.45, 2.75) is 0 Å². The van der Waals surface area contributed by atoms with Crippen LogP contribution in [0.25, 0.3) is 11.5 Å². The summed E-state index contributed by atoms with van der Waals surface area (Å²) in [5.74, 6) is 0.462. The van der Waals surface area contributed by atoms with Crippen LogP contribution >= 0.6 is 23.2 Å². The van der Waals surface area contributed by atoms with E-state index >= 15 is 0 Å². The molecule has 2 aromatic rings. The summed E-state index contributed by atoms with van der Waals surface area (Å²) in [7, 11) is 0. The number of hydrogen-bond acceptors (Lipinski definition) is 2. The topological polar surface area (TPSA) is 26.0 Å². The first-order chi connectivity index (χ1) is 6.25. The zero-order chi connectivity index (χ0) is 9.26. The molecule has 2 rings (SSSR count). The Morgan fingerprint density at radius 3 is 2.38 bits per heavy atom. The number of oxazole rings is 1. The van der Waals surface area contributed by atoms with Crippen LogP contribution in [-0.2, 0) is 0 Å². The molecule has 0 fully saturated rings. The van der Waals surface area contributed by atoms with E-state index in [0.717, 1.165) is 5.56 Å². The van der Waals surface area contributed by atoms with Crippen molar-refractivity contribution in [3.05, 3.63) is 40.7 Å². The van der Waals surface area contributed by atoms with Crippen LogP contribution in [0.4, 0.5) is 0 Å². The number of halogens is 2. The molecule has 65 valence electrons. The third kappa shape index (κ3) is 1.85. The van der Waals surface area contributed by atoms with Crippen molar-refractivity contribution in [1.82, 2.24) is 4.98 Å². The number of rotatable bonds is 1. The molecule has 0 unspecified atom stereocenters. The Hall–Kier alpha value is -0.990. The van der Waals surface area contributed by atoms with Crippen LogP contribution in [0.15, 0.2) is 28.8 Å². The summed E-state index contributed by atoms with van der Waals surface area (Å²) in [6.45, 7) is 0. The van der Waals surface area contributed by atoms with Gasteiger partial charge in [-0.05, 0) is 18.2 Å². The second-order valence-corrected chi connectivity index (χ2v) is 3.31. The molecule has 0 spiro atoms. The fourth-order valence-corrected chi connectivity index (χ4v) is 1.53. The summed E-state index contributed by atoms with van der Waals surface area (Å²) in [6, 6.07) is 5.11. The lowest BCUT2D eigenvalue weighted by Gasteiger charge is -1.97. The molecular formula is C9H4Cl2NO. The van der Waals surface area contributed by atoms with Crippen LogP contribution in [0.1, 0.15) is 0 Å². The maximum absolute atomic E-state index is 5.80. The van der Waals surface area contributed by atoms with Gasteiger partial charge in [-0.3, -0.25) is 0 Å². The van der Waals surface area contributed by atoms with E-state index in [1.807, 2.05) is 0 Å². The van der Waals surface area contributed by atoms with Crippen LogP contribution < -0.4 is 0 Å². The van der Waals surface area contributed by atoms with E-state index in [1.165, 1.54) is 6.20 Å². The Balaban J connectivity index is 2.53. The molecule has 2 nitrogen and oxygen atoms in total. The highest BCUT2D eigenvalue weighted by atomic mass is 35.5. The minimum Gasteiger partial charge on any atom is -0.433 e. The molecule has 0 saturated heterocycles. The molecule has 1 aromatic heterocycles.